The van der Waals surface area contributed by atoms with Gasteiger partial charge in [-0.3, -0.25) is 13.9 Å². The Morgan fingerprint density at radius 1 is 1.00 bits per heavy atom. The summed E-state index contributed by atoms with van der Waals surface area (Å²) in [6.45, 7) is 0.203. The molecule has 0 bridgehead atoms. The number of carbonyl (C=O) groups excluding carboxylic acids is 1. The fourth-order valence-electron chi connectivity index (χ4n) is 3.88. The summed E-state index contributed by atoms with van der Waals surface area (Å²) in [6.07, 6.45) is 3.23. The first kappa shape index (κ1) is 21.7. The summed E-state index contributed by atoms with van der Waals surface area (Å²) in [5.41, 5.74) is 2.10. The molecule has 0 unspecified atom stereocenters. The smallest absolute Gasteiger partial charge is 0.236 e. The van der Waals surface area contributed by atoms with Crippen LogP contribution in [-0.2, 0) is 10.2 Å². The summed E-state index contributed by atoms with van der Waals surface area (Å²) < 4.78 is 32.7. The van der Waals surface area contributed by atoms with Gasteiger partial charge in [-0.25, -0.2) is 9.29 Å². The molecule has 8 nitrogen and oxygen atoms in total. The van der Waals surface area contributed by atoms with Gasteiger partial charge in [0.05, 0.1) is 10.3 Å². The van der Waals surface area contributed by atoms with Gasteiger partial charge in [-0.05, 0) is 60.4 Å². The zero-order valence-corrected chi connectivity index (χ0v) is 19.1. The number of nitrogens with one attached hydrogen (secondary N) is 1. The topological polar surface area (TPSA) is 104 Å². The number of hydrogen-bond donors (Lipinski definition) is 3. The Balaban J connectivity index is 1.29. The van der Waals surface area contributed by atoms with Crippen LogP contribution in [-0.4, -0.2) is 45.2 Å². The normalized spacial score (nSPS) is 16.5. The fraction of sp³-hybridized carbons (Fsp3) is 0.250. The lowest BCUT2D eigenvalue weighted by Crippen LogP contribution is -2.28. The van der Waals surface area contributed by atoms with E-state index in [0.717, 1.165) is 29.5 Å². The van der Waals surface area contributed by atoms with Crippen molar-refractivity contribution >= 4 is 22.5 Å². The molecule has 1 aliphatic carbocycles. The molecule has 1 saturated carbocycles. The molecule has 3 N–H and O–H groups in total. The minimum absolute atomic E-state index is 0.0835. The predicted octanol–water partition coefficient (Wildman–Crippen LogP) is 4.73. The highest BCUT2D eigenvalue weighted by Gasteiger charge is 2.51. The molecule has 0 spiro atoms. The Labute approximate surface area is 193 Å². The van der Waals surface area contributed by atoms with Crippen molar-refractivity contribution in [3.05, 3.63) is 66.4 Å². The van der Waals surface area contributed by atoms with Gasteiger partial charge in [-0.2, -0.15) is 0 Å². The van der Waals surface area contributed by atoms with Crippen LogP contribution in [0.3, 0.4) is 0 Å². The second-order valence-corrected chi connectivity index (χ2v) is 10.6. The molecule has 1 amide bonds. The average molecular weight is 468 g/mol. The number of benzene rings is 2. The number of carbonyl (C=O) groups is 1. The molecule has 2 heterocycles. The van der Waals surface area contributed by atoms with Gasteiger partial charge < -0.3 is 14.8 Å². The zero-order chi connectivity index (χ0) is 23.2. The van der Waals surface area contributed by atoms with Crippen molar-refractivity contribution in [2.45, 2.75) is 23.2 Å². The standard InChI is InChI=1S/C24H25N3O5S/c1-27(2)33(29,30)19-7-3-16(4-8-19)17-5-10-22(25-14-17)26-23(28)24(11-12-24)18-6-9-20-21(13-18)32-15-31-20/h3-10,13-14,29-30H,11-12,15H2,1-2H3,(H,25,26,28). The molecule has 3 aromatic rings. The highest BCUT2D eigenvalue weighted by atomic mass is 32.3. The molecule has 1 aromatic heterocycles. The molecule has 2 aliphatic rings. The lowest BCUT2D eigenvalue weighted by Gasteiger charge is -2.38. The van der Waals surface area contributed by atoms with E-state index in [0.29, 0.717) is 22.2 Å². The van der Waals surface area contributed by atoms with Crippen LogP contribution in [0.2, 0.25) is 0 Å². The van der Waals surface area contributed by atoms with E-state index in [9.17, 15) is 13.9 Å². The van der Waals surface area contributed by atoms with Crippen LogP contribution < -0.4 is 14.8 Å². The van der Waals surface area contributed by atoms with Crippen molar-refractivity contribution < 1.29 is 23.4 Å². The predicted molar refractivity (Wildman–Crippen MR) is 127 cm³/mol. The molecular formula is C24H25N3O5S. The first-order valence-corrected chi connectivity index (χ1v) is 12.0. The minimum atomic E-state index is -2.98. The molecule has 1 aliphatic heterocycles. The molecule has 1 fully saturated rings. The van der Waals surface area contributed by atoms with E-state index in [-0.39, 0.29) is 12.7 Å². The summed E-state index contributed by atoms with van der Waals surface area (Å²) in [4.78, 5) is 17.9. The number of ether oxygens (including phenoxy) is 2. The van der Waals surface area contributed by atoms with E-state index >= 15 is 0 Å². The molecule has 9 heteroatoms. The van der Waals surface area contributed by atoms with Crippen molar-refractivity contribution in [3.63, 3.8) is 0 Å². The van der Waals surface area contributed by atoms with Gasteiger partial charge in [-0.1, -0.05) is 18.2 Å². The van der Waals surface area contributed by atoms with Crippen LogP contribution in [0.5, 0.6) is 11.5 Å². The maximum Gasteiger partial charge on any atom is 0.236 e. The highest BCUT2D eigenvalue weighted by Crippen LogP contribution is 2.51. The summed E-state index contributed by atoms with van der Waals surface area (Å²) in [5.74, 6) is 1.77. The SMILES string of the molecule is CN(C)S(O)(O)c1ccc(-c2ccc(NC(=O)C3(c4ccc5c(c4)OCO5)CC3)nc2)cc1. The number of anilines is 1. The Hall–Kier alpha value is -3.11. The number of amides is 1. The molecule has 33 heavy (non-hydrogen) atoms. The van der Waals surface area contributed by atoms with E-state index in [2.05, 4.69) is 10.3 Å². The Bertz CT molecular complexity index is 1190. The number of hydrogen-bond acceptors (Lipinski definition) is 7. The zero-order valence-electron chi connectivity index (χ0n) is 18.3. The van der Waals surface area contributed by atoms with Crippen LogP contribution in [0.25, 0.3) is 11.1 Å². The van der Waals surface area contributed by atoms with E-state index in [4.69, 9.17) is 9.47 Å². The van der Waals surface area contributed by atoms with Gasteiger partial charge in [0.15, 0.2) is 11.5 Å². The summed E-state index contributed by atoms with van der Waals surface area (Å²) >= 11 is 0. The number of aromatic nitrogens is 1. The van der Waals surface area contributed by atoms with Crippen molar-refractivity contribution in [1.29, 1.82) is 0 Å². The Morgan fingerprint density at radius 3 is 2.33 bits per heavy atom. The largest absolute Gasteiger partial charge is 0.454 e. The summed E-state index contributed by atoms with van der Waals surface area (Å²) in [7, 11) is 0.272. The fourth-order valence-corrected chi connectivity index (χ4v) is 4.80. The maximum atomic E-state index is 13.1. The number of fused-ring (bicyclic) bond motifs is 1. The van der Waals surface area contributed by atoms with E-state index in [1.165, 1.54) is 4.31 Å². The van der Waals surface area contributed by atoms with Crippen molar-refractivity contribution in [3.8, 4) is 22.6 Å². The monoisotopic (exact) mass is 467 g/mol. The van der Waals surface area contributed by atoms with Gasteiger partial charge in [0.25, 0.3) is 0 Å². The van der Waals surface area contributed by atoms with Crippen LogP contribution in [0.4, 0.5) is 5.82 Å². The van der Waals surface area contributed by atoms with E-state index in [1.807, 2.05) is 36.4 Å². The van der Waals surface area contributed by atoms with E-state index < -0.39 is 16.2 Å². The van der Waals surface area contributed by atoms with Gasteiger partial charge in [0.1, 0.15) is 5.82 Å². The maximum absolute atomic E-state index is 13.1. The second-order valence-electron chi connectivity index (χ2n) is 8.39. The quantitative estimate of drug-likeness (QED) is 0.481. The van der Waals surface area contributed by atoms with Crippen molar-refractivity contribution in [2.24, 2.45) is 0 Å². The third kappa shape index (κ3) is 3.93. The molecule has 0 radical (unpaired) electrons. The molecule has 5 rings (SSSR count). The second kappa shape index (κ2) is 8.03. The third-order valence-electron chi connectivity index (χ3n) is 6.13. The molecule has 172 valence electrons. The van der Waals surface area contributed by atoms with Crippen molar-refractivity contribution in [1.82, 2.24) is 9.29 Å². The summed E-state index contributed by atoms with van der Waals surface area (Å²) in [6, 6.07) is 16.3. The molecule has 0 saturated heterocycles. The average Bonchev–Trinajstić information content (AvgIpc) is 3.50. The number of rotatable bonds is 6. The molecule has 2 aromatic carbocycles. The number of pyridine rings is 1. The van der Waals surface area contributed by atoms with Gasteiger partial charge in [0, 0.05) is 25.9 Å². The van der Waals surface area contributed by atoms with Gasteiger partial charge in [-0.15, -0.1) is 10.8 Å². The lowest BCUT2D eigenvalue weighted by molar-refractivity contribution is -0.118. The van der Waals surface area contributed by atoms with Gasteiger partial charge >= 0.3 is 0 Å². The third-order valence-corrected chi connectivity index (χ3v) is 8.05. The Morgan fingerprint density at radius 2 is 1.70 bits per heavy atom. The van der Waals surface area contributed by atoms with Crippen LogP contribution in [0.1, 0.15) is 18.4 Å². The van der Waals surface area contributed by atoms with Crippen LogP contribution >= 0.6 is 10.8 Å². The van der Waals surface area contributed by atoms with Crippen molar-refractivity contribution in [2.75, 3.05) is 26.2 Å². The lowest BCUT2D eigenvalue weighted by atomic mass is 9.94. The first-order chi connectivity index (χ1) is 15.8. The Kier molecular flexibility index (Phi) is 5.29. The highest BCUT2D eigenvalue weighted by molar-refractivity contribution is 8.22. The molecule has 0 atom stereocenters. The summed E-state index contributed by atoms with van der Waals surface area (Å²) in [5, 5.41) is 2.94. The van der Waals surface area contributed by atoms with E-state index in [1.54, 1.807) is 38.5 Å². The van der Waals surface area contributed by atoms with Crippen LogP contribution in [0.15, 0.2) is 65.7 Å². The number of nitrogens with zero attached hydrogens (tertiary/aromatic N) is 2. The first-order valence-electron chi connectivity index (χ1n) is 10.5. The van der Waals surface area contributed by atoms with Gasteiger partial charge in [0.2, 0.25) is 12.7 Å². The molecular weight excluding hydrogens is 442 g/mol. The minimum Gasteiger partial charge on any atom is -0.454 e. The van der Waals surface area contributed by atoms with Crippen LogP contribution in [0, 0.1) is 0 Å².